The fraction of sp³-hybridized carbons (Fsp3) is 0.357. The molecule has 35 heavy (non-hydrogen) atoms. The average molecular weight is 480 g/mol. The van der Waals surface area contributed by atoms with Crippen molar-refractivity contribution in [1.82, 2.24) is 0 Å². The molecule has 184 valence electrons. The number of hydrogen-bond donors (Lipinski definition) is 0. The molecule has 0 saturated heterocycles. The van der Waals surface area contributed by atoms with E-state index in [2.05, 4.69) is 0 Å². The standard InChI is InChI=1S/C28H30FNO5/c1-6-33-24(31)13-18-11-12-19(14-23(18)29)30-15-22-25(28(30)32)27(35-17(4)5)21-10-8-7-9-20(21)26(22)34-16(2)3/h7-12,14,16-17H,6,13,15H2,1-5H3. The lowest BCUT2D eigenvalue weighted by molar-refractivity contribution is -0.142. The second-order valence-electron chi connectivity index (χ2n) is 9.04. The minimum Gasteiger partial charge on any atom is -0.490 e. The third kappa shape index (κ3) is 4.81. The monoisotopic (exact) mass is 479 g/mol. The van der Waals surface area contributed by atoms with Gasteiger partial charge in [-0.2, -0.15) is 0 Å². The molecule has 0 radical (unpaired) electrons. The van der Waals surface area contributed by atoms with Crippen molar-refractivity contribution in [3.8, 4) is 11.5 Å². The number of ether oxygens (including phenoxy) is 3. The van der Waals surface area contributed by atoms with Crippen LogP contribution in [0.3, 0.4) is 0 Å². The number of carbonyl (C=O) groups excluding carboxylic acids is 2. The highest BCUT2D eigenvalue weighted by molar-refractivity contribution is 6.16. The topological polar surface area (TPSA) is 65.1 Å². The number of rotatable bonds is 8. The molecule has 0 aliphatic carbocycles. The zero-order valence-corrected chi connectivity index (χ0v) is 20.7. The summed E-state index contributed by atoms with van der Waals surface area (Å²) in [6.45, 7) is 9.84. The molecule has 3 aromatic rings. The van der Waals surface area contributed by atoms with Crippen molar-refractivity contribution in [1.29, 1.82) is 0 Å². The van der Waals surface area contributed by atoms with Crippen LogP contribution in [0.2, 0.25) is 0 Å². The Morgan fingerprint density at radius 3 is 2.23 bits per heavy atom. The zero-order valence-electron chi connectivity index (χ0n) is 20.7. The molecule has 0 fully saturated rings. The molecule has 4 rings (SSSR count). The molecule has 7 heteroatoms. The molecule has 1 heterocycles. The molecule has 0 bridgehead atoms. The number of carbonyl (C=O) groups is 2. The lowest BCUT2D eigenvalue weighted by Crippen LogP contribution is -2.24. The first kappa shape index (κ1) is 24.5. The van der Waals surface area contributed by atoms with Gasteiger partial charge in [-0.15, -0.1) is 0 Å². The van der Waals surface area contributed by atoms with E-state index in [1.54, 1.807) is 13.0 Å². The van der Waals surface area contributed by atoms with Gasteiger partial charge in [-0.1, -0.05) is 30.3 Å². The predicted octanol–water partition coefficient (Wildman–Crippen LogP) is 5.82. The van der Waals surface area contributed by atoms with Gasteiger partial charge in [0.2, 0.25) is 0 Å². The summed E-state index contributed by atoms with van der Waals surface area (Å²) in [4.78, 5) is 27.0. The smallest absolute Gasteiger partial charge is 0.310 e. The normalized spacial score (nSPS) is 13.0. The Bertz CT molecular complexity index is 1280. The SMILES string of the molecule is CCOC(=O)Cc1ccc(N2Cc3c(c(OC(C)C)c4ccccc4c3OC(C)C)C2=O)cc1F. The summed E-state index contributed by atoms with van der Waals surface area (Å²) in [6.07, 6.45) is -0.429. The van der Waals surface area contributed by atoms with Gasteiger partial charge in [0, 0.05) is 22.0 Å². The first-order valence-electron chi connectivity index (χ1n) is 11.9. The van der Waals surface area contributed by atoms with Gasteiger partial charge < -0.3 is 19.1 Å². The van der Waals surface area contributed by atoms with Gasteiger partial charge >= 0.3 is 5.97 Å². The fourth-order valence-corrected chi connectivity index (χ4v) is 4.32. The van der Waals surface area contributed by atoms with Gasteiger partial charge in [-0.25, -0.2) is 4.39 Å². The van der Waals surface area contributed by atoms with E-state index in [-0.39, 0.29) is 43.3 Å². The van der Waals surface area contributed by atoms with Crippen LogP contribution in [0.15, 0.2) is 42.5 Å². The number of hydrogen-bond acceptors (Lipinski definition) is 5. The summed E-state index contributed by atoms with van der Waals surface area (Å²) < 4.78 is 32.2. The van der Waals surface area contributed by atoms with Crippen molar-refractivity contribution in [3.05, 3.63) is 65.0 Å². The number of benzene rings is 3. The summed E-state index contributed by atoms with van der Waals surface area (Å²) in [7, 11) is 0. The molecule has 1 aliphatic heterocycles. The lowest BCUT2D eigenvalue weighted by atomic mass is 9.99. The van der Waals surface area contributed by atoms with Crippen LogP contribution in [0, 0.1) is 5.82 Å². The first-order chi connectivity index (χ1) is 16.7. The molecule has 3 aromatic carbocycles. The minimum atomic E-state index is -0.568. The largest absolute Gasteiger partial charge is 0.490 e. The molecule has 0 N–H and O–H groups in total. The van der Waals surface area contributed by atoms with Gasteiger partial charge in [0.15, 0.2) is 0 Å². The highest BCUT2D eigenvalue weighted by atomic mass is 19.1. The number of anilines is 1. The van der Waals surface area contributed by atoms with Crippen LogP contribution in [-0.2, 0) is 22.5 Å². The Labute approximate surface area is 204 Å². The third-order valence-electron chi connectivity index (χ3n) is 5.69. The highest BCUT2D eigenvalue weighted by Crippen LogP contribution is 2.46. The summed E-state index contributed by atoms with van der Waals surface area (Å²) >= 11 is 0. The number of esters is 1. The van der Waals surface area contributed by atoms with E-state index >= 15 is 0 Å². The lowest BCUT2D eigenvalue weighted by Gasteiger charge is -2.20. The van der Waals surface area contributed by atoms with Crippen LogP contribution in [0.5, 0.6) is 11.5 Å². The molecular weight excluding hydrogens is 449 g/mol. The van der Waals surface area contributed by atoms with Crippen molar-refractivity contribution < 1.29 is 28.2 Å². The van der Waals surface area contributed by atoms with Crippen LogP contribution in [0.1, 0.15) is 56.1 Å². The van der Waals surface area contributed by atoms with Gasteiger partial charge in [0.05, 0.1) is 37.3 Å². The van der Waals surface area contributed by atoms with Crippen molar-refractivity contribution >= 4 is 28.3 Å². The quantitative estimate of drug-likeness (QED) is 0.381. The predicted molar refractivity (Wildman–Crippen MR) is 133 cm³/mol. The van der Waals surface area contributed by atoms with Crippen molar-refractivity contribution in [3.63, 3.8) is 0 Å². The molecule has 0 atom stereocenters. The van der Waals surface area contributed by atoms with Gasteiger partial charge in [-0.3, -0.25) is 9.59 Å². The van der Waals surface area contributed by atoms with Gasteiger partial charge in [0.25, 0.3) is 5.91 Å². The van der Waals surface area contributed by atoms with Crippen LogP contribution >= 0.6 is 0 Å². The second-order valence-corrected chi connectivity index (χ2v) is 9.04. The fourth-order valence-electron chi connectivity index (χ4n) is 4.32. The van der Waals surface area contributed by atoms with Crippen molar-refractivity contribution in [2.75, 3.05) is 11.5 Å². The van der Waals surface area contributed by atoms with Crippen LogP contribution in [0.25, 0.3) is 10.8 Å². The number of nitrogens with zero attached hydrogens (tertiary/aromatic N) is 1. The molecule has 0 saturated carbocycles. The Morgan fingerprint density at radius 1 is 1.00 bits per heavy atom. The maximum absolute atomic E-state index is 14.9. The Morgan fingerprint density at radius 2 is 1.63 bits per heavy atom. The maximum atomic E-state index is 14.9. The number of halogens is 1. The van der Waals surface area contributed by atoms with E-state index in [1.807, 2.05) is 52.0 Å². The van der Waals surface area contributed by atoms with E-state index in [1.165, 1.54) is 17.0 Å². The van der Waals surface area contributed by atoms with Crippen LogP contribution < -0.4 is 14.4 Å². The molecule has 1 aliphatic rings. The van der Waals surface area contributed by atoms with E-state index in [0.29, 0.717) is 28.3 Å². The first-order valence-corrected chi connectivity index (χ1v) is 11.9. The maximum Gasteiger partial charge on any atom is 0.310 e. The number of fused-ring (bicyclic) bond motifs is 2. The highest BCUT2D eigenvalue weighted by Gasteiger charge is 2.37. The average Bonchev–Trinajstić information content (AvgIpc) is 3.14. The summed E-state index contributed by atoms with van der Waals surface area (Å²) in [6, 6.07) is 12.1. The molecule has 0 unspecified atom stereocenters. The van der Waals surface area contributed by atoms with Gasteiger partial charge in [-0.05, 0) is 52.3 Å². The molecule has 1 amide bonds. The summed E-state index contributed by atoms with van der Waals surface area (Å²) in [5, 5.41) is 1.66. The zero-order chi connectivity index (χ0) is 25.3. The van der Waals surface area contributed by atoms with E-state index in [0.717, 1.165) is 10.8 Å². The Balaban J connectivity index is 1.81. The van der Waals surface area contributed by atoms with E-state index in [9.17, 15) is 14.0 Å². The Kier molecular flexibility index (Phi) is 6.96. The van der Waals surface area contributed by atoms with E-state index in [4.69, 9.17) is 14.2 Å². The van der Waals surface area contributed by atoms with Crippen LogP contribution in [-0.4, -0.2) is 30.7 Å². The van der Waals surface area contributed by atoms with E-state index < -0.39 is 11.8 Å². The van der Waals surface area contributed by atoms with Gasteiger partial charge in [0.1, 0.15) is 17.3 Å². The van der Waals surface area contributed by atoms with Crippen molar-refractivity contribution in [2.45, 2.75) is 59.8 Å². The molecule has 0 aromatic heterocycles. The third-order valence-corrected chi connectivity index (χ3v) is 5.69. The molecule has 6 nitrogen and oxygen atoms in total. The molecular formula is C28H30FNO5. The number of amides is 1. The molecule has 0 spiro atoms. The van der Waals surface area contributed by atoms with Crippen molar-refractivity contribution in [2.24, 2.45) is 0 Å². The Hall–Kier alpha value is -3.61. The minimum absolute atomic E-state index is 0.108. The summed E-state index contributed by atoms with van der Waals surface area (Å²) in [5.41, 5.74) is 1.76. The van der Waals surface area contributed by atoms with Crippen LogP contribution in [0.4, 0.5) is 10.1 Å². The summed E-state index contributed by atoms with van der Waals surface area (Å²) in [5.74, 6) is -0.207. The second kappa shape index (κ2) is 9.94.